The average molecular weight is 233 g/mol. The maximum atomic E-state index is 9.83. The van der Waals surface area contributed by atoms with Crippen LogP contribution in [-0.2, 0) is 0 Å². The number of para-hydroxylation sites is 1. The molecule has 2 nitrogen and oxygen atoms in total. The zero-order valence-electron chi connectivity index (χ0n) is 10.9. The minimum absolute atomic E-state index is 0.387. The van der Waals surface area contributed by atoms with Crippen LogP contribution in [0.4, 0.5) is 5.69 Å². The first kappa shape index (κ1) is 12.4. The van der Waals surface area contributed by atoms with Gasteiger partial charge in [-0.05, 0) is 38.7 Å². The van der Waals surface area contributed by atoms with Crippen LogP contribution in [0.3, 0.4) is 0 Å². The van der Waals surface area contributed by atoms with Crippen molar-refractivity contribution < 1.29 is 5.11 Å². The summed E-state index contributed by atoms with van der Waals surface area (Å²) in [6, 6.07) is 8.22. The molecule has 1 atom stereocenters. The molecule has 0 heterocycles. The average Bonchev–Trinajstić information content (AvgIpc) is 2.28. The van der Waals surface area contributed by atoms with Crippen LogP contribution in [0.1, 0.15) is 44.8 Å². The van der Waals surface area contributed by atoms with Crippen LogP contribution >= 0.6 is 0 Å². The second kappa shape index (κ2) is 5.54. The number of aliphatic hydroxyl groups excluding tert-OH is 1. The molecule has 1 aromatic carbocycles. The van der Waals surface area contributed by atoms with E-state index in [0.29, 0.717) is 0 Å². The lowest BCUT2D eigenvalue weighted by Crippen LogP contribution is -2.33. The van der Waals surface area contributed by atoms with E-state index in [9.17, 15) is 5.11 Å². The van der Waals surface area contributed by atoms with Gasteiger partial charge in [0.05, 0.1) is 6.10 Å². The maximum Gasteiger partial charge on any atom is 0.0781 e. The van der Waals surface area contributed by atoms with E-state index >= 15 is 0 Å². The van der Waals surface area contributed by atoms with Crippen LogP contribution in [0.15, 0.2) is 24.3 Å². The summed E-state index contributed by atoms with van der Waals surface area (Å²) in [5.74, 6) is 0.858. The topological polar surface area (TPSA) is 23.5 Å². The first-order valence-corrected chi connectivity index (χ1v) is 6.74. The molecule has 1 aliphatic carbocycles. The summed E-state index contributed by atoms with van der Waals surface area (Å²) in [5.41, 5.74) is 2.26. The number of benzene rings is 1. The van der Waals surface area contributed by atoms with E-state index in [1.807, 2.05) is 19.1 Å². The zero-order valence-corrected chi connectivity index (χ0v) is 10.9. The highest BCUT2D eigenvalue weighted by Crippen LogP contribution is 2.31. The van der Waals surface area contributed by atoms with Gasteiger partial charge < -0.3 is 10.0 Å². The summed E-state index contributed by atoms with van der Waals surface area (Å²) in [5, 5.41) is 9.83. The predicted octanol–water partition coefficient (Wildman–Crippen LogP) is 3.37. The Morgan fingerprint density at radius 3 is 2.59 bits per heavy atom. The van der Waals surface area contributed by atoms with Gasteiger partial charge in [-0.3, -0.25) is 0 Å². The van der Waals surface area contributed by atoms with Gasteiger partial charge in [-0.25, -0.2) is 0 Å². The Bertz CT molecular complexity index is 358. The molecule has 1 N–H and O–H groups in total. The van der Waals surface area contributed by atoms with Crippen molar-refractivity contribution in [1.82, 2.24) is 0 Å². The lowest BCUT2D eigenvalue weighted by Gasteiger charge is -2.34. The Morgan fingerprint density at radius 1 is 1.35 bits per heavy atom. The van der Waals surface area contributed by atoms with Crippen molar-refractivity contribution in [1.29, 1.82) is 0 Å². The van der Waals surface area contributed by atoms with Gasteiger partial charge in [0.2, 0.25) is 0 Å². The number of aliphatic hydroxyl groups is 1. The Morgan fingerprint density at radius 2 is 2.06 bits per heavy atom. The molecule has 0 bridgehead atoms. The van der Waals surface area contributed by atoms with Crippen molar-refractivity contribution >= 4 is 5.69 Å². The third kappa shape index (κ3) is 2.81. The highest BCUT2D eigenvalue weighted by molar-refractivity contribution is 5.54. The SMILES string of the molecule is CCN(CC1CCC1)c1ccccc1C(C)O. The smallest absolute Gasteiger partial charge is 0.0781 e. The first-order valence-electron chi connectivity index (χ1n) is 6.74. The van der Waals surface area contributed by atoms with Crippen LogP contribution in [0.2, 0.25) is 0 Å². The lowest BCUT2D eigenvalue weighted by molar-refractivity contribution is 0.199. The molecule has 2 heteroatoms. The van der Waals surface area contributed by atoms with Crippen molar-refractivity contribution in [3.63, 3.8) is 0 Å². The van der Waals surface area contributed by atoms with Crippen molar-refractivity contribution in [3.8, 4) is 0 Å². The van der Waals surface area contributed by atoms with E-state index in [1.54, 1.807) is 0 Å². The Kier molecular flexibility index (Phi) is 4.06. The van der Waals surface area contributed by atoms with E-state index in [-0.39, 0.29) is 6.10 Å². The van der Waals surface area contributed by atoms with Crippen molar-refractivity contribution in [2.75, 3.05) is 18.0 Å². The van der Waals surface area contributed by atoms with Crippen molar-refractivity contribution in [2.45, 2.75) is 39.2 Å². The maximum absolute atomic E-state index is 9.83. The van der Waals surface area contributed by atoms with Gasteiger partial charge in [-0.15, -0.1) is 0 Å². The molecule has 0 spiro atoms. The lowest BCUT2D eigenvalue weighted by atomic mass is 9.85. The van der Waals surface area contributed by atoms with Gasteiger partial charge in [0.1, 0.15) is 0 Å². The third-order valence-corrected chi connectivity index (χ3v) is 3.81. The molecule has 0 aromatic heterocycles. The fourth-order valence-corrected chi connectivity index (χ4v) is 2.51. The highest BCUT2D eigenvalue weighted by atomic mass is 16.3. The molecule has 1 aromatic rings. The quantitative estimate of drug-likeness (QED) is 0.843. The summed E-state index contributed by atoms with van der Waals surface area (Å²) in [6.45, 7) is 6.19. The third-order valence-electron chi connectivity index (χ3n) is 3.81. The van der Waals surface area contributed by atoms with Gasteiger partial charge in [-0.1, -0.05) is 24.6 Å². The van der Waals surface area contributed by atoms with Gasteiger partial charge >= 0.3 is 0 Å². The first-order chi connectivity index (χ1) is 8.22. The number of hydrogen-bond acceptors (Lipinski definition) is 2. The predicted molar refractivity (Wildman–Crippen MR) is 72.3 cm³/mol. The molecule has 0 saturated heterocycles. The Hall–Kier alpha value is -1.02. The largest absolute Gasteiger partial charge is 0.389 e. The molecule has 0 aliphatic heterocycles. The number of nitrogens with zero attached hydrogens (tertiary/aromatic N) is 1. The summed E-state index contributed by atoms with van der Waals surface area (Å²) in [6.07, 6.45) is 3.74. The molecule has 1 fully saturated rings. The van der Waals surface area contributed by atoms with Crippen LogP contribution < -0.4 is 4.90 Å². The molecular formula is C15H23NO. The monoisotopic (exact) mass is 233 g/mol. The van der Waals surface area contributed by atoms with Gasteiger partial charge in [0.25, 0.3) is 0 Å². The molecule has 0 radical (unpaired) electrons. The number of hydrogen-bond donors (Lipinski definition) is 1. The molecule has 1 aliphatic rings. The minimum atomic E-state index is -0.387. The highest BCUT2D eigenvalue weighted by Gasteiger charge is 2.21. The second-order valence-corrected chi connectivity index (χ2v) is 5.07. The summed E-state index contributed by atoms with van der Waals surface area (Å²) < 4.78 is 0. The molecule has 1 saturated carbocycles. The molecular weight excluding hydrogens is 210 g/mol. The molecule has 1 unspecified atom stereocenters. The Balaban J connectivity index is 2.16. The summed E-state index contributed by atoms with van der Waals surface area (Å²) >= 11 is 0. The molecule has 0 amide bonds. The van der Waals surface area contributed by atoms with E-state index in [4.69, 9.17) is 0 Å². The van der Waals surface area contributed by atoms with E-state index in [1.165, 1.54) is 24.9 Å². The standard InChI is InChI=1S/C15H23NO/c1-3-16(11-13-7-6-8-13)15-10-5-4-9-14(15)12(2)17/h4-5,9-10,12-13,17H,3,6-8,11H2,1-2H3. The minimum Gasteiger partial charge on any atom is -0.389 e. The number of rotatable bonds is 5. The van der Waals surface area contributed by atoms with E-state index < -0.39 is 0 Å². The van der Waals surface area contributed by atoms with Gasteiger partial charge in [0, 0.05) is 24.3 Å². The summed E-state index contributed by atoms with van der Waals surface area (Å²) in [4.78, 5) is 2.41. The second-order valence-electron chi connectivity index (χ2n) is 5.07. The van der Waals surface area contributed by atoms with Crippen LogP contribution in [-0.4, -0.2) is 18.2 Å². The van der Waals surface area contributed by atoms with Crippen LogP contribution in [0.5, 0.6) is 0 Å². The fraction of sp³-hybridized carbons (Fsp3) is 0.600. The normalized spacial score (nSPS) is 17.6. The molecule has 17 heavy (non-hydrogen) atoms. The van der Waals surface area contributed by atoms with Gasteiger partial charge in [0.15, 0.2) is 0 Å². The zero-order chi connectivity index (χ0) is 12.3. The Labute approximate surface area is 104 Å². The van der Waals surface area contributed by atoms with Crippen LogP contribution in [0.25, 0.3) is 0 Å². The van der Waals surface area contributed by atoms with Crippen molar-refractivity contribution in [3.05, 3.63) is 29.8 Å². The summed E-state index contributed by atoms with van der Waals surface area (Å²) in [7, 11) is 0. The van der Waals surface area contributed by atoms with Gasteiger partial charge in [-0.2, -0.15) is 0 Å². The van der Waals surface area contributed by atoms with Crippen molar-refractivity contribution in [2.24, 2.45) is 5.92 Å². The number of anilines is 1. The fourth-order valence-electron chi connectivity index (χ4n) is 2.51. The van der Waals surface area contributed by atoms with E-state index in [0.717, 1.165) is 24.6 Å². The van der Waals surface area contributed by atoms with E-state index in [2.05, 4.69) is 24.0 Å². The molecule has 94 valence electrons. The molecule has 2 rings (SSSR count). The van der Waals surface area contributed by atoms with Crippen LogP contribution in [0, 0.1) is 5.92 Å².